The lowest BCUT2D eigenvalue weighted by Crippen LogP contribution is -2.32. The summed E-state index contributed by atoms with van der Waals surface area (Å²) in [5.74, 6) is 1.32. The molecule has 2 N–H and O–H groups in total. The summed E-state index contributed by atoms with van der Waals surface area (Å²) in [6, 6.07) is 4.08. The van der Waals surface area contributed by atoms with Gasteiger partial charge in [0.05, 0.1) is 11.9 Å². The minimum atomic E-state index is -0.425. The fraction of sp³-hybridized carbons (Fsp3) is 0.545. The lowest BCUT2D eigenvalue weighted by molar-refractivity contribution is -0.119. The summed E-state index contributed by atoms with van der Waals surface area (Å²) in [7, 11) is 0. The number of amides is 1. The first-order chi connectivity index (χ1) is 7.72. The molecule has 90 valence electrons. The number of hydrogen-bond acceptors (Lipinski definition) is 4. The molecule has 1 amide bonds. The van der Waals surface area contributed by atoms with E-state index in [0.29, 0.717) is 18.7 Å². The zero-order valence-corrected chi connectivity index (χ0v) is 10.9. The number of aliphatic hydroxyl groups is 1. The molecule has 5 heteroatoms. The molecule has 3 nitrogen and oxygen atoms in total. The van der Waals surface area contributed by atoms with Gasteiger partial charge in [-0.25, -0.2) is 0 Å². The Morgan fingerprint density at radius 3 is 3.12 bits per heavy atom. The summed E-state index contributed by atoms with van der Waals surface area (Å²) in [5.41, 5.74) is 0. The van der Waals surface area contributed by atoms with Crippen molar-refractivity contribution in [3.8, 4) is 0 Å². The standard InChI is InChI=1S/C11H17NO2S2/c1-2-9(13)6-12-11(14)8-15-7-10-4-3-5-16-10/h3-5,9,13H,2,6-8H2,1H3,(H,12,14). The second-order valence-electron chi connectivity index (χ2n) is 3.44. The topological polar surface area (TPSA) is 49.3 Å². The van der Waals surface area contributed by atoms with Gasteiger partial charge in [-0.2, -0.15) is 0 Å². The summed E-state index contributed by atoms with van der Waals surface area (Å²) in [6.07, 6.45) is 0.244. The Hall–Kier alpha value is -0.520. The Bertz CT molecular complexity index is 301. The number of aliphatic hydroxyl groups excluding tert-OH is 1. The van der Waals surface area contributed by atoms with Gasteiger partial charge in [0.2, 0.25) is 5.91 Å². The van der Waals surface area contributed by atoms with E-state index in [1.165, 1.54) is 4.88 Å². The highest BCUT2D eigenvalue weighted by atomic mass is 32.2. The largest absolute Gasteiger partial charge is 0.391 e. The Labute approximate surface area is 104 Å². The maximum absolute atomic E-state index is 11.4. The maximum atomic E-state index is 11.4. The lowest BCUT2D eigenvalue weighted by Gasteiger charge is -2.08. The maximum Gasteiger partial charge on any atom is 0.230 e. The Morgan fingerprint density at radius 1 is 1.69 bits per heavy atom. The summed E-state index contributed by atoms with van der Waals surface area (Å²) in [6.45, 7) is 2.25. The fourth-order valence-corrected chi connectivity index (χ4v) is 2.76. The molecule has 0 aliphatic rings. The van der Waals surface area contributed by atoms with E-state index in [9.17, 15) is 9.90 Å². The predicted octanol–water partition coefficient (Wildman–Crippen LogP) is 1.87. The van der Waals surface area contributed by atoms with Gasteiger partial charge in [-0.05, 0) is 17.9 Å². The van der Waals surface area contributed by atoms with Gasteiger partial charge in [-0.15, -0.1) is 23.1 Å². The van der Waals surface area contributed by atoms with Crippen LogP contribution >= 0.6 is 23.1 Å². The number of carbonyl (C=O) groups excluding carboxylic acids is 1. The second kappa shape index (κ2) is 7.70. The molecule has 16 heavy (non-hydrogen) atoms. The van der Waals surface area contributed by atoms with Crippen molar-refractivity contribution in [2.75, 3.05) is 12.3 Å². The van der Waals surface area contributed by atoms with Crippen LogP contribution in [0.5, 0.6) is 0 Å². The van der Waals surface area contributed by atoms with Crippen LogP contribution in [0.1, 0.15) is 18.2 Å². The molecule has 0 aliphatic carbocycles. The molecule has 1 aromatic rings. The third-order valence-electron chi connectivity index (χ3n) is 2.06. The number of nitrogens with one attached hydrogen (secondary N) is 1. The van der Waals surface area contributed by atoms with Crippen LogP contribution in [0.4, 0.5) is 0 Å². The van der Waals surface area contributed by atoms with Gasteiger partial charge in [0.1, 0.15) is 0 Å². The number of thioether (sulfide) groups is 1. The smallest absolute Gasteiger partial charge is 0.230 e. The predicted molar refractivity (Wildman–Crippen MR) is 69.8 cm³/mol. The van der Waals surface area contributed by atoms with Gasteiger partial charge in [0, 0.05) is 17.2 Å². The number of carbonyl (C=O) groups is 1. The molecular weight excluding hydrogens is 242 g/mol. The van der Waals surface area contributed by atoms with E-state index < -0.39 is 6.10 Å². The third-order valence-corrected chi connectivity index (χ3v) is 4.10. The van der Waals surface area contributed by atoms with Crippen molar-refractivity contribution in [1.29, 1.82) is 0 Å². The summed E-state index contributed by atoms with van der Waals surface area (Å²) in [5, 5.41) is 14.0. The molecule has 1 aromatic heterocycles. The monoisotopic (exact) mass is 259 g/mol. The zero-order chi connectivity index (χ0) is 11.8. The number of hydrogen-bond donors (Lipinski definition) is 2. The fourth-order valence-electron chi connectivity index (χ4n) is 1.07. The second-order valence-corrected chi connectivity index (χ2v) is 5.46. The molecule has 0 radical (unpaired) electrons. The molecule has 1 rings (SSSR count). The van der Waals surface area contributed by atoms with Gasteiger partial charge in [-0.1, -0.05) is 13.0 Å². The molecule has 0 aromatic carbocycles. The van der Waals surface area contributed by atoms with Crippen molar-refractivity contribution < 1.29 is 9.90 Å². The molecule has 0 saturated carbocycles. The average molecular weight is 259 g/mol. The summed E-state index contributed by atoms with van der Waals surface area (Å²) in [4.78, 5) is 12.6. The van der Waals surface area contributed by atoms with E-state index in [2.05, 4.69) is 11.4 Å². The van der Waals surface area contributed by atoms with Crippen LogP contribution in [-0.2, 0) is 10.5 Å². The molecule has 0 fully saturated rings. The van der Waals surface area contributed by atoms with E-state index >= 15 is 0 Å². The summed E-state index contributed by atoms with van der Waals surface area (Å²) < 4.78 is 0. The van der Waals surface area contributed by atoms with Crippen molar-refractivity contribution >= 4 is 29.0 Å². The number of thiophene rings is 1. The van der Waals surface area contributed by atoms with E-state index in [-0.39, 0.29) is 5.91 Å². The Kier molecular flexibility index (Phi) is 6.52. The highest BCUT2D eigenvalue weighted by Gasteiger charge is 2.05. The van der Waals surface area contributed by atoms with Gasteiger partial charge in [-0.3, -0.25) is 4.79 Å². The van der Waals surface area contributed by atoms with Crippen LogP contribution in [0.15, 0.2) is 17.5 Å². The lowest BCUT2D eigenvalue weighted by atomic mass is 10.3. The van der Waals surface area contributed by atoms with Gasteiger partial charge >= 0.3 is 0 Å². The van der Waals surface area contributed by atoms with Gasteiger partial charge < -0.3 is 10.4 Å². The van der Waals surface area contributed by atoms with E-state index in [4.69, 9.17) is 0 Å². The van der Waals surface area contributed by atoms with E-state index in [1.54, 1.807) is 23.1 Å². The van der Waals surface area contributed by atoms with Crippen LogP contribution in [0.25, 0.3) is 0 Å². The first-order valence-corrected chi connectivity index (χ1v) is 7.30. The Balaban J connectivity index is 2.06. The van der Waals surface area contributed by atoms with Crippen molar-refractivity contribution in [2.45, 2.75) is 25.2 Å². The summed E-state index contributed by atoms with van der Waals surface area (Å²) >= 11 is 3.30. The average Bonchev–Trinajstić information content (AvgIpc) is 2.79. The van der Waals surface area contributed by atoms with Crippen molar-refractivity contribution in [1.82, 2.24) is 5.32 Å². The molecule has 1 atom stereocenters. The van der Waals surface area contributed by atoms with Crippen LogP contribution in [-0.4, -0.2) is 29.4 Å². The van der Waals surface area contributed by atoms with Crippen molar-refractivity contribution in [2.24, 2.45) is 0 Å². The molecule has 0 spiro atoms. The number of rotatable bonds is 7. The molecule has 1 heterocycles. The third kappa shape index (κ3) is 5.53. The Morgan fingerprint density at radius 2 is 2.50 bits per heavy atom. The zero-order valence-electron chi connectivity index (χ0n) is 9.31. The molecule has 0 saturated heterocycles. The molecule has 0 aliphatic heterocycles. The van der Waals surface area contributed by atoms with Crippen LogP contribution in [0.3, 0.4) is 0 Å². The normalized spacial score (nSPS) is 12.4. The molecular formula is C11H17NO2S2. The van der Waals surface area contributed by atoms with E-state index in [0.717, 1.165) is 5.75 Å². The highest BCUT2D eigenvalue weighted by molar-refractivity contribution is 7.99. The quantitative estimate of drug-likeness (QED) is 0.786. The van der Waals surface area contributed by atoms with Crippen LogP contribution in [0.2, 0.25) is 0 Å². The van der Waals surface area contributed by atoms with Crippen LogP contribution in [0, 0.1) is 0 Å². The van der Waals surface area contributed by atoms with Gasteiger partial charge in [0.25, 0.3) is 0 Å². The van der Waals surface area contributed by atoms with Crippen molar-refractivity contribution in [3.05, 3.63) is 22.4 Å². The SMILES string of the molecule is CCC(O)CNC(=O)CSCc1cccs1. The first kappa shape index (κ1) is 13.5. The van der Waals surface area contributed by atoms with Crippen LogP contribution < -0.4 is 5.32 Å². The highest BCUT2D eigenvalue weighted by Crippen LogP contribution is 2.16. The minimum Gasteiger partial charge on any atom is -0.391 e. The minimum absolute atomic E-state index is 0.00550. The molecule has 0 bridgehead atoms. The molecule has 1 unspecified atom stereocenters. The first-order valence-electron chi connectivity index (χ1n) is 5.27. The van der Waals surface area contributed by atoms with E-state index in [1.807, 2.05) is 18.4 Å². The van der Waals surface area contributed by atoms with Crippen molar-refractivity contribution in [3.63, 3.8) is 0 Å². The van der Waals surface area contributed by atoms with Gasteiger partial charge in [0.15, 0.2) is 0 Å².